The Labute approximate surface area is 80.5 Å². The highest BCUT2D eigenvalue weighted by Gasteiger charge is 2.11. The van der Waals surface area contributed by atoms with Crippen LogP contribution in [0.2, 0.25) is 0 Å². The third kappa shape index (κ3) is 2.46. The molecule has 0 spiro atoms. The SMILES string of the molecule is Cc1onc(CCNC(=O)O)c1CO. The van der Waals surface area contributed by atoms with Gasteiger partial charge in [-0.05, 0) is 6.92 Å². The molecule has 1 amide bonds. The zero-order valence-electron chi connectivity index (χ0n) is 7.78. The molecule has 0 atom stereocenters. The summed E-state index contributed by atoms with van der Waals surface area (Å²) in [6.07, 6.45) is -0.657. The number of carboxylic acid groups (broad SMARTS) is 1. The first-order chi connectivity index (χ1) is 6.65. The van der Waals surface area contributed by atoms with Gasteiger partial charge >= 0.3 is 6.09 Å². The van der Waals surface area contributed by atoms with E-state index in [1.807, 2.05) is 0 Å². The molecule has 0 aliphatic rings. The minimum absolute atomic E-state index is 0.141. The molecule has 0 unspecified atom stereocenters. The molecule has 0 fully saturated rings. The fraction of sp³-hybridized carbons (Fsp3) is 0.500. The topological polar surface area (TPSA) is 95.6 Å². The summed E-state index contributed by atoms with van der Waals surface area (Å²) in [5, 5.41) is 23.2. The standard InChI is InChI=1S/C8H12N2O4/c1-5-6(4-11)7(10-14-5)2-3-9-8(12)13/h9,11H,2-4H2,1H3,(H,12,13). The van der Waals surface area contributed by atoms with Gasteiger partial charge in [-0.3, -0.25) is 0 Å². The number of aryl methyl sites for hydroxylation is 1. The molecule has 0 saturated heterocycles. The lowest BCUT2D eigenvalue weighted by molar-refractivity contribution is 0.194. The Hall–Kier alpha value is -1.56. The Morgan fingerprint density at radius 1 is 1.64 bits per heavy atom. The monoisotopic (exact) mass is 200 g/mol. The van der Waals surface area contributed by atoms with Crippen molar-refractivity contribution in [2.75, 3.05) is 6.54 Å². The maximum atomic E-state index is 10.1. The minimum Gasteiger partial charge on any atom is -0.465 e. The number of nitrogens with zero attached hydrogens (tertiary/aromatic N) is 1. The molecule has 6 nitrogen and oxygen atoms in total. The van der Waals surface area contributed by atoms with Crippen LogP contribution in [-0.4, -0.2) is 28.0 Å². The van der Waals surface area contributed by atoms with Crippen molar-refractivity contribution in [2.45, 2.75) is 20.0 Å². The van der Waals surface area contributed by atoms with E-state index in [1.165, 1.54) is 0 Å². The highest BCUT2D eigenvalue weighted by atomic mass is 16.5. The van der Waals surface area contributed by atoms with Crippen LogP contribution in [-0.2, 0) is 13.0 Å². The van der Waals surface area contributed by atoms with Gasteiger partial charge in [0.25, 0.3) is 0 Å². The summed E-state index contributed by atoms with van der Waals surface area (Å²) in [5.41, 5.74) is 1.23. The molecule has 6 heteroatoms. The second kappa shape index (κ2) is 4.61. The lowest BCUT2D eigenvalue weighted by Gasteiger charge is -1.99. The van der Waals surface area contributed by atoms with Gasteiger partial charge in [0.2, 0.25) is 0 Å². The summed E-state index contributed by atoms with van der Waals surface area (Å²) in [5.74, 6) is 0.567. The van der Waals surface area contributed by atoms with Gasteiger partial charge in [0.05, 0.1) is 12.3 Å². The summed E-state index contributed by atoms with van der Waals surface area (Å²) < 4.78 is 4.86. The third-order valence-corrected chi connectivity index (χ3v) is 1.86. The first-order valence-corrected chi connectivity index (χ1v) is 4.16. The summed E-state index contributed by atoms with van der Waals surface area (Å²) in [4.78, 5) is 10.1. The van der Waals surface area contributed by atoms with E-state index in [4.69, 9.17) is 14.7 Å². The largest absolute Gasteiger partial charge is 0.465 e. The molecule has 1 aromatic rings. The van der Waals surface area contributed by atoms with Gasteiger partial charge in [-0.15, -0.1) is 0 Å². The maximum absolute atomic E-state index is 10.1. The molecule has 0 saturated carbocycles. The summed E-state index contributed by atoms with van der Waals surface area (Å²) in [7, 11) is 0. The van der Waals surface area contributed by atoms with E-state index in [0.29, 0.717) is 23.4 Å². The van der Waals surface area contributed by atoms with Crippen LogP contribution in [0.15, 0.2) is 4.52 Å². The van der Waals surface area contributed by atoms with Gasteiger partial charge < -0.3 is 20.1 Å². The average Bonchev–Trinajstić information content (AvgIpc) is 2.46. The fourth-order valence-corrected chi connectivity index (χ4v) is 1.12. The quantitative estimate of drug-likeness (QED) is 0.649. The summed E-state index contributed by atoms with van der Waals surface area (Å²) >= 11 is 0. The molecule has 78 valence electrons. The Morgan fingerprint density at radius 2 is 2.36 bits per heavy atom. The number of hydrogen-bond donors (Lipinski definition) is 3. The Balaban J connectivity index is 2.54. The Bertz CT molecular complexity index is 321. The van der Waals surface area contributed by atoms with Crippen LogP contribution in [0.25, 0.3) is 0 Å². The average molecular weight is 200 g/mol. The fourth-order valence-electron chi connectivity index (χ4n) is 1.12. The lowest BCUT2D eigenvalue weighted by Crippen LogP contribution is -2.23. The van der Waals surface area contributed by atoms with Crippen LogP contribution in [0.4, 0.5) is 4.79 Å². The molecule has 1 aromatic heterocycles. The van der Waals surface area contributed by atoms with Crippen molar-refractivity contribution in [3.8, 4) is 0 Å². The normalized spacial score (nSPS) is 10.1. The highest BCUT2D eigenvalue weighted by Crippen LogP contribution is 2.12. The second-order valence-corrected chi connectivity index (χ2v) is 2.80. The maximum Gasteiger partial charge on any atom is 0.404 e. The number of hydrogen-bond acceptors (Lipinski definition) is 4. The number of carbonyl (C=O) groups is 1. The van der Waals surface area contributed by atoms with Crippen LogP contribution >= 0.6 is 0 Å². The predicted octanol–water partition coefficient (Wildman–Crippen LogP) is 0.285. The number of amides is 1. The number of rotatable bonds is 4. The number of aliphatic hydroxyl groups is 1. The number of aliphatic hydroxyl groups excluding tert-OH is 1. The van der Waals surface area contributed by atoms with Crippen molar-refractivity contribution >= 4 is 6.09 Å². The molecular weight excluding hydrogens is 188 g/mol. The molecule has 1 rings (SSSR count). The summed E-state index contributed by atoms with van der Waals surface area (Å²) in [6.45, 7) is 1.82. The molecular formula is C8H12N2O4. The predicted molar refractivity (Wildman–Crippen MR) is 46.9 cm³/mol. The number of nitrogens with one attached hydrogen (secondary N) is 1. The first kappa shape index (κ1) is 10.5. The molecule has 0 aliphatic heterocycles. The smallest absolute Gasteiger partial charge is 0.404 e. The molecule has 0 aliphatic carbocycles. The van der Waals surface area contributed by atoms with Crippen molar-refractivity contribution < 1.29 is 19.5 Å². The zero-order valence-corrected chi connectivity index (χ0v) is 7.78. The van der Waals surface area contributed by atoms with Crippen molar-refractivity contribution in [1.82, 2.24) is 10.5 Å². The van der Waals surface area contributed by atoms with E-state index in [-0.39, 0.29) is 13.2 Å². The van der Waals surface area contributed by atoms with E-state index >= 15 is 0 Å². The van der Waals surface area contributed by atoms with E-state index < -0.39 is 6.09 Å². The minimum atomic E-state index is -1.07. The van der Waals surface area contributed by atoms with Crippen molar-refractivity contribution in [3.05, 3.63) is 17.0 Å². The molecule has 0 aromatic carbocycles. The molecule has 0 radical (unpaired) electrons. The molecule has 0 bridgehead atoms. The van der Waals surface area contributed by atoms with Gasteiger partial charge in [-0.2, -0.15) is 0 Å². The highest BCUT2D eigenvalue weighted by molar-refractivity contribution is 5.64. The van der Waals surface area contributed by atoms with Gasteiger partial charge in [-0.25, -0.2) is 4.79 Å². The van der Waals surface area contributed by atoms with Crippen molar-refractivity contribution in [1.29, 1.82) is 0 Å². The lowest BCUT2D eigenvalue weighted by atomic mass is 10.1. The van der Waals surface area contributed by atoms with Crippen molar-refractivity contribution in [3.63, 3.8) is 0 Å². The van der Waals surface area contributed by atoms with Gasteiger partial charge in [0, 0.05) is 18.5 Å². The molecule has 1 heterocycles. The first-order valence-electron chi connectivity index (χ1n) is 4.16. The summed E-state index contributed by atoms with van der Waals surface area (Å²) in [6, 6.07) is 0. The molecule has 14 heavy (non-hydrogen) atoms. The second-order valence-electron chi connectivity index (χ2n) is 2.80. The zero-order chi connectivity index (χ0) is 10.6. The molecule has 3 N–H and O–H groups in total. The Morgan fingerprint density at radius 3 is 2.93 bits per heavy atom. The van der Waals surface area contributed by atoms with E-state index in [2.05, 4.69) is 10.5 Å². The van der Waals surface area contributed by atoms with Crippen LogP contribution in [0.3, 0.4) is 0 Å². The van der Waals surface area contributed by atoms with Crippen LogP contribution in [0.5, 0.6) is 0 Å². The van der Waals surface area contributed by atoms with Crippen LogP contribution in [0, 0.1) is 6.92 Å². The van der Waals surface area contributed by atoms with Crippen LogP contribution < -0.4 is 5.32 Å². The Kier molecular flexibility index (Phi) is 3.47. The third-order valence-electron chi connectivity index (χ3n) is 1.86. The number of aromatic nitrogens is 1. The van der Waals surface area contributed by atoms with Crippen molar-refractivity contribution in [2.24, 2.45) is 0 Å². The van der Waals surface area contributed by atoms with Gasteiger partial charge in [0.1, 0.15) is 5.76 Å². The van der Waals surface area contributed by atoms with Gasteiger partial charge in [-0.1, -0.05) is 5.16 Å². The van der Waals surface area contributed by atoms with E-state index in [0.717, 1.165) is 0 Å². The van der Waals surface area contributed by atoms with Crippen LogP contribution in [0.1, 0.15) is 17.0 Å². The van der Waals surface area contributed by atoms with Gasteiger partial charge in [0.15, 0.2) is 0 Å². The van der Waals surface area contributed by atoms with E-state index in [9.17, 15) is 4.79 Å². The van der Waals surface area contributed by atoms with E-state index in [1.54, 1.807) is 6.92 Å².